The fourth-order valence-corrected chi connectivity index (χ4v) is 8.28. The molecule has 376 valence electrons. The number of amidine groups is 1. The van der Waals surface area contributed by atoms with Crippen LogP contribution in [-0.4, -0.2) is 111 Å². The van der Waals surface area contributed by atoms with Gasteiger partial charge in [0.2, 0.25) is 23.6 Å². The molecule has 3 aromatic rings. The van der Waals surface area contributed by atoms with Crippen LogP contribution in [0.15, 0.2) is 77.4 Å². The molecular formula is C52H64N10O9. The SMILES string of the molecule is CCCN(CCC)C(=O)C1=Cc2ccc(C(=O)Nc3cnc4c(c3)CN(C(=O)OCc3ccc(NC(=O)[C@H](C)NC(=O)[C@@H](NC(=O)CCCCCN5C(=O)C=CC5=O)C(C)C)cc3)CC4)cc2N=C(N)C1. The number of hydrogen-bond acceptors (Lipinski definition) is 12. The Hall–Kier alpha value is -7.70. The Balaban J connectivity index is 0.940. The third kappa shape index (κ3) is 14.4. The quantitative estimate of drug-likeness (QED) is 0.0656. The van der Waals surface area contributed by atoms with Crippen molar-refractivity contribution in [2.24, 2.45) is 16.6 Å². The molecule has 0 radical (unpaired) electrons. The Bertz CT molecular complexity index is 2580. The van der Waals surface area contributed by atoms with Crippen molar-refractivity contribution >= 4 is 76.4 Å². The highest BCUT2D eigenvalue weighted by atomic mass is 16.6. The Morgan fingerprint density at radius 3 is 2.25 bits per heavy atom. The van der Waals surface area contributed by atoms with Gasteiger partial charge in [0.1, 0.15) is 24.5 Å². The molecule has 0 aliphatic carbocycles. The molecule has 0 saturated heterocycles. The van der Waals surface area contributed by atoms with E-state index in [2.05, 4.69) is 31.2 Å². The first kappa shape index (κ1) is 52.7. The number of amides is 8. The molecule has 0 spiro atoms. The van der Waals surface area contributed by atoms with Crippen LogP contribution in [0.1, 0.15) is 112 Å². The van der Waals surface area contributed by atoms with Gasteiger partial charge in [0.05, 0.1) is 24.1 Å². The number of carbonyl (C=O) groups excluding carboxylic acids is 8. The van der Waals surface area contributed by atoms with Crippen molar-refractivity contribution in [1.82, 2.24) is 30.3 Å². The minimum atomic E-state index is -0.933. The molecular weight excluding hydrogens is 909 g/mol. The number of carbonyl (C=O) groups is 8. The zero-order valence-corrected chi connectivity index (χ0v) is 41.0. The second-order valence-corrected chi connectivity index (χ2v) is 18.2. The molecule has 0 saturated carbocycles. The number of nitrogens with one attached hydrogen (secondary N) is 4. The predicted molar refractivity (Wildman–Crippen MR) is 268 cm³/mol. The summed E-state index contributed by atoms with van der Waals surface area (Å²) in [4.78, 5) is 116. The number of aromatic nitrogens is 1. The molecule has 0 bridgehead atoms. The van der Waals surface area contributed by atoms with Gasteiger partial charge in [-0.3, -0.25) is 43.4 Å². The Morgan fingerprint density at radius 2 is 1.56 bits per heavy atom. The van der Waals surface area contributed by atoms with Crippen molar-refractivity contribution in [2.45, 2.75) is 111 Å². The zero-order valence-electron chi connectivity index (χ0n) is 41.0. The molecule has 2 aromatic carbocycles. The summed E-state index contributed by atoms with van der Waals surface area (Å²) in [5, 5.41) is 11.1. The van der Waals surface area contributed by atoms with Crippen LogP contribution in [0.5, 0.6) is 0 Å². The van der Waals surface area contributed by atoms with Crippen LogP contribution in [0, 0.1) is 5.92 Å². The summed E-state index contributed by atoms with van der Waals surface area (Å²) >= 11 is 0. The number of pyridine rings is 1. The number of anilines is 2. The first-order valence-electron chi connectivity index (χ1n) is 24.2. The van der Waals surface area contributed by atoms with Crippen molar-refractivity contribution in [3.05, 3.63) is 100 Å². The van der Waals surface area contributed by atoms with Gasteiger partial charge < -0.3 is 41.5 Å². The summed E-state index contributed by atoms with van der Waals surface area (Å²) in [7, 11) is 0. The standard InChI is InChI=1S/C52H64N10O9/c1-6-21-60(22-7-2)51(69)37-25-35-14-15-36(27-42(35)58-43(53)28-37)49(67)57-40-26-38-30-61(24-20-41(38)54-29-40)52(70)71-31-34-12-16-39(17-13-34)56-48(66)33(5)55-50(68)47(32(3)4)59-44(63)11-9-8-10-23-62-45(64)18-19-46(62)65/h12-19,25-27,29,32-33,47H,6-11,20-24,28,30-31H2,1-5H3,(H2,53,58)(H,55,68)(H,56,66)(H,57,67)(H,59,63)/t33-,47-/m0/s1. The van der Waals surface area contributed by atoms with E-state index in [1.165, 1.54) is 19.1 Å². The lowest BCUT2D eigenvalue weighted by Crippen LogP contribution is -2.53. The number of aliphatic imine (C=N–C) groups is 1. The van der Waals surface area contributed by atoms with Crippen molar-refractivity contribution in [3.8, 4) is 0 Å². The maximum Gasteiger partial charge on any atom is 0.410 e. The number of rotatable bonds is 21. The van der Waals surface area contributed by atoms with Gasteiger partial charge in [-0.25, -0.2) is 9.79 Å². The minimum Gasteiger partial charge on any atom is -0.445 e. The van der Waals surface area contributed by atoms with Gasteiger partial charge in [0.15, 0.2) is 0 Å². The van der Waals surface area contributed by atoms with Crippen LogP contribution in [0.25, 0.3) is 6.08 Å². The number of hydrogen-bond donors (Lipinski definition) is 5. The molecule has 1 aromatic heterocycles. The maximum atomic E-state index is 13.5. The fraction of sp³-hybridized carbons (Fsp3) is 0.423. The number of fused-ring (bicyclic) bond motifs is 2. The highest BCUT2D eigenvalue weighted by molar-refractivity contribution is 6.13. The summed E-state index contributed by atoms with van der Waals surface area (Å²) in [6.45, 7) is 11.3. The lowest BCUT2D eigenvalue weighted by atomic mass is 10.0. The number of ether oxygens (including phenoxy) is 1. The summed E-state index contributed by atoms with van der Waals surface area (Å²) in [5.74, 6) is -2.43. The molecule has 0 unspecified atom stereocenters. The van der Waals surface area contributed by atoms with Gasteiger partial charge in [0, 0.05) is 85.7 Å². The van der Waals surface area contributed by atoms with E-state index >= 15 is 0 Å². The van der Waals surface area contributed by atoms with Gasteiger partial charge in [-0.15, -0.1) is 0 Å². The van der Waals surface area contributed by atoms with Crippen LogP contribution >= 0.6 is 0 Å². The Kier molecular flexibility index (Phi) is 18.3. The second-order valence-electron chi connectivity index (χ2n) is 18.2. The third-order valence-electron chi connectivity index (χ3n) is 12.2. The van der Waals surface area contributed by atoms with Crippen molar-refractivity contribution < 1.29 is 43.1 Å². The number of unbranched alkanes of at least 4 members (excludes halogenated alkanes) is 2. The Morgan fingerprint density at radius 1 is 0.845 bits per heavy atom. The van der Waals surface area contributed by atoms with Crippen LogP contribution < -0.4 is 27.0 Å². The highest BCUT2D eigenvalue weighted by Gasteiger charge is 2.29. The van der Waals surface area contributed by atoms with Gasteiger partial charge in [-0.1, -0.05) is 52.3 Å². The van der Waals surface area contributed by atoms with Gasteiger partial charge in [-0.2, -0.15) is 0 Å². The largest absolute Gasteiger partial charge is 0.445 e. The van der Waals surface area contributed by atoms with E-state index in [0.29, 0.717) is 84.6 Å². The summed E-state index contributed by atoms with van der Waals surface area (Å²) in [5.41, 5.74) is 11.5. The number of imide groups is 1. The number of benzene rings is 2. The lowest BCUT2D eigenvalue weighted by Gasteiger charge is -2.28. The molecule has 3 aliphatic heterocycles. The smallest absolute Gasteiger partial charge is 0.410 e. The molecule has 71 heavy (non-hydrogen) atoms. The molecule has 19 heteroatoms. The fourth-order valence-electron chi connectivity index (χ4n) is 8.28. The van der Waals surface area contributed by atoms with E-state index in [-0.39, 0.29) is 67.9 Å². The van der Waals surface area contributed by atoms with Crippen LogP contribution in [0.3, 0.4) is 0 Å². The van der Waals surface area contributed by atoms with Crippen molar-refractivity contribution in [1.29, 1.82) is 0 Å². The molecule has 0 fully saturated rings. The average Bonchev–Trinajstić information content (AvgIpc) is 3.56. The zero-order chi connectivity index (χ0) is 51.2. The van der Waals surface area contributed by atoms with E-state index in [1.807, 2.05) is 18.7 Å². The van der Waals surface area contributed by atoms with Crippen molar-refractivity contribution in [3.63, 3.8) is 0 Å². The average molecular weight is 973 g/mol. The number of nitrogens with two attached hydrogens (primary N) is 1. The number of nitrogens with zero attached hydrogens (tertiary/aromatic N) is 5. The van der Waals surface area contributed by atoms with Crippen LogP contribution in [0.2, 0.25) is 0 Å². The highest BCUT2D eigenvalue weighted by Crippen LogP contribution is 2.29. The summed E-state index contributed by atoms with van der Waals surface area (Å²) < 4.78 is 5.64. The molecule has 4 heterocycles. The van der Waals surface area contributed by atoms with Gasteiger partial charge in [-0.05, 0) is 86.1 Å². The molecule has 19 nitrogen and oxygen atoms in total. The minimum absolute atomic E-state index is 0.0298. The molecule has 3 aliphatic rings. The molecule has 6 N–H and O–H groups in total. The van der Waals surface area contributed by atoms with E-state index in [1.54, 1.807) is 79.6 Å². The summed E-state index contributed by atoms with van der Waals surface area (Å²) in [6, 6.07) is 11.8. The third-order valence-corrected chi connectivity index (χ3v) is 12.2. The molecule has 2 atom stereocenters. The first-order chi connectivity index (χ1) is 34.0. The summed E-state index contributed by atoms with van der Waals surface area (Å²) in [6.07, 6.45) is 9.53. The van der Waals surface area contributed by atoms with E-state index in [9.17, 15) is 38.4 Å². The van der Waals surface area contributed by atoms with E-state index in [0.717, 1.165) is 29.0 Å². The predicted octanol–water partition coefficient (Wildman–Crippen LogP) is 5.52. The second kappa shape index (κ2) is 24.7. The lowest BCUT2D eigenvalue weighted by molar-refractivity contribution is -0.137. The first-order valence-corrected chi connectivity index (χ1v) is 24.2. The van der Waals surface area contributed by atoms with Crippen LogP contribution in [-0.2, 0) is 53.1 Å². The van der Waals surface area contributed by atoms with Gasteiger partial charge >= 0.3 is 6.09 Å². The van der Waals surface area contributed by atoms with E-state index < -0.39 is 35.9 Å². The Labute approximate surface area is 413 Å². The van der Waals surface area contributed by atoms with Crippen molar-refractivity contribution in [2.75, 3.05) is 36.8 Å². The van der Waals surface area contributed by atoms with Gasteiger partial charge in [0.25, 0.3) is 17.7 Å². The van der Waals surface area contributed by atoms with Crippen LogP contribution in [0.4, 0.5) is 21.9 Å². The molecule has 6 rings (SSSR count). The monoisotopic (exact) mass is 972 g/mol. The molecule has 8 amide bonds. The normalized spacial score (nSPS) is 14.8. The van der Waals surface area contributed by atoms with E-state index in [4.69, 9.17) is 10.5 Å². The topological polar surface area (TPSA) is 255 Å². The maximum absolute atomic E-state index is 13.5.